The number of nitrogens with zero attached hydrogens (tertiary/aromatic N) is 1. The summed E-state index contributed by atoms with van der Waals surface area (Å²) in [4.78, 5) is 23.6. The van der Waals surface area contributed by atoms with Gasteiger partial charge in [0.2, 0.25) is 0 Å². The fourth-order valence-electron chi connectivity index (χ4n) is 1.94. The van der Waals surface area contributed by atoms with Gasteiger partial charge in [-0.05, 0) is 12.1 Å². The molecule has 102 valence electrons. The monoisotopic (exact) mass is 267 g/mol. The highest BCUT2D eigenvalue weighted by Gasteiger charge is 2.32. The average Bonchev–Trinajstić information content (AvgIpc) is 2.31. The van der Waals surface area contributed by atoms with Crippen LogP contribution in [-0.2, 0) is 9.59 Å². The van der Waals surface area contributed by atoms with E-state index in [0.717, 1.165) is 0 Å². The minimum atomic E-state index is -0.861. The molecule has 19 heavy (non-hydrogen) atoms. The second kappa shape index (κ2) is 5.69. The standard InChI is InChI=1S/C13H14FNO4/c14-10-3-1-2-4-11(10)19-8-12(16)15-6-9(7-15)5-13(17)18/h1-4,9H,5-8H2,(H,17,18). The minimum Gasteiger partial charge on any atom is -0.481 e. The lowest BCUT2D eigenvalue weighted by atomic mass is 9.96. The van der Waals surface area contributed by atoms with Crippen molar-refractivity contribution < 1.29 is 23.8 Å². The summed E-state index contributed by atoms with van der Waals surface area (Å²) >= 11 is 0. The number of hydrogen-bond acceptors (Lipinski definition) is 3. The third-order valence-corrected chi connectivity index (χ3v) is 2.96. The molecule has 1 amide bonds. The van der Waals surface area contributed by atoms with Crippen LogP contribution in [0, 0.1) is 11.7 Å². The van der Waals surface area contributed by atoms with Gasteiger partial charge in [-0.1, -0.05) is 12.1 Å². The van der Waals surface area contributed by atoms with Crippen molar-refractivity contribution >= 4 is 11.9 Å². The van der Waals surface area contributed by atoms with E-state index in [4.69, 9.17) is 9.84 Å². The first-order chi connectivity index (χ1) is 9.06. The van der Waals surface area contributed by atoms with Gasteiger partial charge in [0.25, 0.3) is 5.91 Å². The Bertz CT molecular complexity index is 485. The Balaban J connectivity index is 1.75. The van der Waals surface area contributed by atoms with E-state index >= 15 is 0 Å². The molecule has 6 heteroatoms. The quantitative estimate of drug-likeness (QED) is 0.868. The van der Waals surface area contributed by atoms with Crippen LogP contribution in [0.1, 0.15) is 6.42 Å². The average molecular weight is 267 g/mol. The number of hydrogen-bond donors (Lipinski definition) is 1. The minimum absolute atomic E-state index is 0.00918. The molecule has 1 aromatic rings. The van der Waals surface area contributed by atoms with Gasteiger partial charge >= 0.3 is 5.97 Å². The third kappa shape index (κ3) is 3.43. The van der Waals surface area contributed by atoms with Crippen LogP contribution < -0.4 is 4.74 Å². The molecule has 1 saturated heterocycles. The van der Waals surface area contributed by atoms with E-state index in [2.05, 4.69) is 0 Å². The fraction of sp³-hybridized carbons (Fsp3) is 0.385. The zero-order valence-electron chi connectivity index (χ0n) is 10.2. The van der Waals surface area contributed by atoms with Crippen LogP contribution in [0.4, 0.5) is 4.39 Å². The second-order valence-electron chi connectivity index (χ2n) is 4.48. The molecule has 1 aliphatic heterocycles. The largest absolute Gasteiger partial charge is 0.481 e. The highest BCUT2D eigenvalue weighted by atomic mass is 19.1. The maximum atomic E-state index is 13.2. The van der Waals surface area contributed by atoms with Crippen molar-refractivity contribution in [3.63, 3.8) is 0 Å². The summed E-state index contributed by atoms with van der Waals surface area (Å²) in [6, 6.07) is 5.86. The first-order valence-corrected chi connectivity index (χ1v) is 5.93. The highest BCUT2D eigenvalue weighted by Crippen LogP contribution is 2.20. The summed E-state index contributed by atoms with van der Waals surface area (Å²) in [5.74, 6) is -1.58. The van der Waals surface area contributed by atoms with Crippen LogP contribution in [0.2, 0.25) is 0 Å². The summed E-state index contributed by atoms with van der Waals surface area (Å²) in [5.41, 5.74) is 0. The number of para-hydroxylation sites is 1. The van der Waals surface area contributed by atoms with Crippen LogP contribution >= 0.6 is 0 Å². The number of likely N-dealkylation sites (tertiary alicyclic amines) is 1. The molecule has 1 heterocycles. The molecule has 1 N–H and O–H groups in total. The molecule has 0 unspecified atom stereocenters. The van der Waals surface area contributed by atoms with E-state index in [1.54, 1.807) is 6.07 Å². The van der Waals surface area contributed by atoms with Crippen molar-refractivity contribution in [1.29, 1.82) is 0 Å². The molecule has 1 aliphatic rings. The van der Waals surface area contributed by atoms with E-state index in [1.807, 2.05) is 0 Å². The lowest BCUT2D eigenvalue weighted by molar-refractivity contribution is -0.146. The molecule has 0 saturated carbocycles. The van der Waals surface area contributed by atoms with Crippen LogP contribution in [0.25, 0.3) is 0 Å². The fourth-order valence-corrected chi connectivity index (χ4v) is 1.94. The number of rotatable bonds is 5. The maximum Gasteiger partial charge on any atom is 0.303 e. The molecule has 0 aliphatic carbocycles. The smallest absolute Gasteiger partial charge is 0.303 e. The van der Waals surface area contributed by atoms with Crippen LogP contribution in [0.3, 0.4) is 0 Å². The highest BCUT2D eigenvalue weighted by molar-refractivity contribution is 5.79. The molecule has 1 fully saturated rings. The molecule has 0 radical (unpaired) electrons. The third-order valence-electron chi connectivity index (χ3n) is 2.96. The van der Waals surface area contributed by atoms with E-state index in [1.165, 1.54) is 23.1 Å². The van der Waals surface area contributed by atoms with Gasteiger partial charge in [0.15, 0.2) is 18.2 Å². The van der Waals surface area contributed by atoms with Crippen LogP contribution in [0.15, 0.2) is 24.3 Å². The van der Waals surface area contributed by atoms with Gasteiger partial charge in [-0.3, -0.25) is 9.59 Å². The maximum absolute atomic E-state index is 13.2. The first-order valence-electron chi connectivity index (χ1n) is 5.93. The molecule has 1 aromatic carbocycles. The van der Waals surface area contributed by atoms with E-state index in [-0.39, 0.29) is 30.6 Å². The summed E-state index contributed by atoms with van der Waals surface area (Å²) < 4.78 is 18.3. The van der Waals surface area contributed by atoms with Gasteiger partial charge < -0.3 is 14.7 Å². The van der Waals surface area contributed by atoms with Crippen molar-refractivity contribution in [3.05, 3.63) is 30.1 Å². The van der Waals surface area contributed by atoms with Crippen molar-refractivity contribution in [2.45, 2.75) is 6.42 Å². The Hall–Kier alpha value is -2.11. The Morgan fingerprint density at radius 3 is 2.68 bits per heavy atom. The van der Waals surface area contributed by atoms with Gasteiger partial charge in [-0.2, -0.15) is 0 Å². The van der Waals surface area contributed by atoms with E-state index in [0.29, 0.717) is 13.1 Å². The summed E-state index contributed by atoms with van der Waals surface area (Å²) in [6.45, 7) is 0.609. The Kier molecular flexibility index (Phi) is 3.99. The van der Waals surface area contributed by atoms with E-state index < -0.39 is 11.8 Å². The van der Waals surface area contributed by atoms with Gasteiger partial charge in [-0.25, -0.2) is 4.39 Å². The molecular formula is C13H14FNO4. The first kappa shape index (κ1) is 13.3. The lowest BCUT2D eigenvalue weighted by Gasteiger charge is -2.38. The Labute approximate surface area is 109 Å². The number of halogens is 1. The van der Waals surface area contributed by atoms with Crippen molar-refractivity contribution in [3.8, 4) is 5.75 Å². The van der Waals surface area contributed by atoms with Crippen molar-refractivity contribution in [2.75, 3.05) is 19.7 Å². The zero-order chi connectivity index (χ0) is 13.8. The van der Waals surface area contributed by atoms with Gasteiger partial charge in [-0.15, -0.1) is 0 Å². The van der Waals surface area contributed by atoms with Crippen molar-refractivity contribution in [2.24, 2.45) is 5.92 Å². The number of carbonyl (C=O) groups excluding carboxylic acids is 1. The number of aliphatic carboxylic acids is 1. The molecular weight excluding hydrogens is 253 g/mol. The summed E-state index contributed by atoms with van der Waals surface area (Å²) in [5, 5.41) is 8.59. The van der Waals surface area contributed by atoms with Gasteiger partial charge in [0, 0.05) is 19.0 Å². The predicted octanol–water partition coefficient (Wildman–Crippen LogP) is 1.14. The summed E-state index contributed by atoms with van der Waals surface area (Å²) in [6.07, 6.45) is 0.0674. The number of carboxylic acid groups (broad SMARTS) is 1. The normalized spacial score (nSPS) is 14.9. The zero-order valence-corrected chi connectivity index (χ0v) is 10.2. The Morgan fingerprint density at radius 1 is 1.37 bits per heavy atom. The van der Waals surface area contributed by atoms with Crippen LogP contribution in [0.5, 0.6) is 5.75 Å². The summed E-state index contributed by atoms with van der Waals surface area (Å²) in [7, 11) is 0. The predicted molar refractivity (Wildman–Crippen MR) is 64.2 cm³/mol. The lowest BCUT2D eigenvalue weighted by Crippen LogP contribution is -2.52. The molecule has 5 nitrogen and oxygen atoms in total. The van der Waals surface area contributed by atoms with E-state index in [9.17, 15) is 14.0 Å². The second-order valence-corrected chi connectivity index (χ2v) is 4.48. The molecule has 0 bridgehead atoms. The number of ether oxygens (including phenoxy) is 1. The number of amides is 1. The topological polar surface area (TPSA) is 66.8 Å². The molecule has 0 spiro atoms. The molecule has 2 rings (SSSR count). The number of carboxylic acids is 1. The van der Waals surface area contributed by atoms with Gasteiger partial charge in [0.1, 0.15) is 0 Å². The molecule has 0 atom stereocenters. The number of carbonyl (C=O) groups is 2. The van der Waals surface area contributed by atoms with Crippen molar-refractivity contribution in [1.82, 2.24) is 4.90 Å². The molecule has 0 aromatic heterocycles. The Morgan fingerprint density at radius 2 is 2.05 bits per heavy atom. The van der Waals surface area contributed by atoms with Crippen LogP contribution in [-0.4, -0.2) is 41.6 Å². The SMILES string of the molecule is O=C(O)CC1CN(C(=O)COc2ccccc2F)C1. The van der Waals surface area contributed by atoms with Gasteiger partial charge in [0.05, 0.1) is 6.42 Å². The number of benzene rings is 1.